The number of aromatic nitrogens is 1. The number of carbonyl (C=O) groups is 1. The number of nitrogens with one attached hydrogen (secondary N) is 1. The molecule has 1 aliphatic rings. The largest absolute Gasteiger partial charge is 0.441 e. The van der Waals surface area contributed by atoms with Crippen molar-refractivity contribution in [1.82, 2.24) is 15.2 Å². The number of carbonyl (C=O) groups excluding carboxylic acids is 1. The van der Waals surface area contributed by atoms with Crippen molar-refractivity contribution in [3.8, 4) is 11.3 Å². The molecule has 0 radical (unpaired) electrons. The Balaban J connectivity index is 1.25. The third-order valence-electron chi connectivity index (χ3n) is 5.67. The lowest BCUT2D eigenvalue weighted by atomic mass is 10.1. The second-order valence-corrected chi connectivity index (χ2v) is 7.73. The lowest BCUT2D eigenvalue weighted by Crippen LogP contribution is -2.37. The number of likely N-dealkylation sites (tertiary alicyclic amines) is 1. The molecule has 2 aromatic carbocycles. The van der Waals surface area contributed by atoms with Crippen LogP contribution in [0.1, 0.15) is 37.3 Å². The lowest BCUT2D eigenvalue weighted by molar-refractivity contribution is -0.121. The summed E-state index contributed by atoms with van der Waals surface area (Å²) in [6.45, 7) is 4.01. The van der Waals surface area contributed by atoms with Gasteiger partial charge in [-0.3, -0.25) is 9.69 Å². The molecule has 2 atom stereocenters. The fourth-order valence-electron chi connectivity index (χ4n) is 3.93. The zero-order valence-corrected chi connectivity index (χ0v) is 17.1. The molecule has 1 N–H and O–H groups in total. The van der Waals surface area contributed by atoms with Gasteiger partial charge < -0.3 is 9.73 Å². The Bertz CT molecular complexity index is 989. The minimum absolute atomic E-state index is 0.0140. The minimum atomic E-state index is -0.353. The highest BCUT2D eigenvalue weighted by molar-refractivity contribution is 5.76. The van der Waals surface area contributed by atoms with Crippen LogP contribution < -0.4 is 5.32 Å². The maximum Gasteiger partial charge on any atom is 0.220 e. The van der Waals surface area contributed by atoms with Gasteiger partial charge in [0, 0.05) is 38.0 Å². The van der Waals surface area contributed by atoms with Gasteiger partial charge in [0.15, 0.2) is 11.7 Å². The molecule has 1 saturated heterocycles. The van der Waals surface area contributed by atoms with Gasteiger partial charge in [-0.25, -0.2) is 9.37 Å². The first-order valence-corrected chi connectivity index (χ1v) is 10.4. The van der Waals surface area contributed by atoms with Crippen molar-refractivity contribution >= 4 is 5.91 Å². The first kappa shape index (κ1) is 20.3. The SMILES string of the molecule is CC(c1ccccc1)N1CCC(NC(=O)CCc2ncc(-c3ccccc3F)o2)C1. The molecule has 0 spiro atoms. The Morgan fingerprint density at radius 1 is 1.23 bits per heavy atom. The third-order valence-corrected chi connectivity index (χ3v) is 5.67. The Morgan fingerprint density at radius 3 is 2.80 bits per heavy atom. The van der Waals surface area contributed by atoms with Gasteiger partial charge in [0.05, 0.1) is 11.8 Å². The van der Waals surface area contributed by atoms with Crippen LogP contribution in [0.2, 0.25) is 0 Å². The van der Waals surface area contributed by atoms with Crippen molar-refractivity contribution in [3.63, 3.8) is 0 Å². The minimum Gasteiger partial charge on any atom is -0.441 e. The molecule has 1 aromatic heterocycles. The van der Waals surface area contributed by atoms with Crippen LogP contribution >= 0.6 is 0 Å². The zero-order chi connectivity index (χ0) is 20.9. The normalized spacial score (nSPS) is 17.7. The van der Waals surface area contributed by atoms with Crippen LogP contribution in [0.3, 0.4) is 0 Å². The molecule has 30 heavy (non-hydrogen) atoms. The average Bonchev–Trinajstić information content (AvgIpc) is 3.42. The molecule has 1 aliphatic heterocycles. The third kappa shape index (κ3) is 4.76. The van der Waals surface area contributed by atoms with Gasteiger partial charge >= 0.3 is 0 Å². The summed E-state index contributed by atoms with van der Waals surface area (Å²) in [4.78, 5) is 19.0. The molecular formula is C24H26FN3O2. The number of benzene rings is 2. The van der Waals surface area contributed by atoms with Crippen LogP contribution in [0.4, 0.5) is 4.39 Å². The van der Waals surface area contributed by atoms with Crippen LogP contribution in [0.25, 0.3) is 11.3 Å². The Kier molecular flexibility index (Phi) is 6.23. The highest BCUT2D eigenvalue weighted by Crippen LogP contribution is 2.25. The predicted molar refractivity (Wildman–Crippen MR) is 113 cm³/mol. The average molecular weight is 407 g/mol. The van der Waals surface area contributed by atoms with E-state index in [-0.39, 0.29) is 17.8 Å². The predicted octanol–water partition coefficient (Wildman–Crippen LogP) is 4.37. The smallest absolute Gasteiger partial charge is 0.220 e. The van der Waals surface area contributed by atoms with Crippen molar-refractivity contribution in [2.24, 2.45) is 0 Å². The Morgan fingerprint density at radius 2 is 2.00 bits per heavy atom. The van der Waals surface area contributed by atoms with E-state index in [1.807, 2.05) is 6.07 Å². The van der Waals surface area contributed by atoms with Gasteiger partial charge in [0.2, 0.25) is 5.91 Å². The molecule has 1 amide bonds. The highest BCUT2D eigenvalue weighted by atomic mass is 19.1. The monoisotopic (exact) mass is 407 g/mol. The van der Waals surface area contributed by atoms with Crippen LogP contribution in [0, 0.1) is 5.82 Å². The van der Waals surface area contributed by atoms with Gasteiger partial charge in [0.1, 0.15) is 5.82 Å². The highest BCUT2D eigenvalue weighted by Gasteiger charge is 2.27. The molecule has 2 heterocycles. The molecule has 0 saturated carbocycles. The molecule has 4 rings (SSSR count). The second-order valence-electron chi connectivity index (χ2n) is 7.73. The summed E-state index contributed by atoms with van der Waals surface area (Å²) in [5.41, 5.74) is 1.67. The topological polar surface area (TPSA) is 58.4 Å². The molecule has 6 heteroatoms. The standard InChI is InChI=1S/C24H26FN3O2/c1-17(18-7-3-2-4-8-18)28-14-13-19(16-28)27-23(29)11-12-24-26-15-22(30-24)20-9-5-6-10-21(20)25/h2-10,15,17,19H,11-14,16H2,1H3,(H,27,29). The van der Waals surface area contributed by atoms with Crippen molar-refractivity contribution < 1.29 is 13.6 Å². The lowest BCUT2D eigenvalue weighted by Gasteiger charge is -2.24. The van der Waals surface area contributed by atoms with Crippen molar-refractivity contribution in [2.45, 2.75) is 38.3 Å². The molecule has 0 aliphatic carbocycles. The summed E-state index contributed by atoms with van der Waals surface area (Å²) in [6, 6.07) is 17.3. The van der Waals surface area contributed by atoms with Crippen molar-refractivity contribution in [3.05, 3.63) is 78.1 Å². The molecular weight excluding hydrogens is 381 g/mol. The number of aryl methyl sites for hydroxylation is 1. The van der Waals surface area contributed by atoms with Gasteiger partial charge in [-0.1, -0.05) is 42.5 Å². The zero-order valence-electron chi connectivity index (χ0n) is 17.1. The number of hydrogen-bond donors (Lipinski definition) is 1. The maximum atomic E-state index is 13.9. The van der Waals surface area contributed by atoms with E-state index in [2.05, 4.69) is 46.4 Å². The van der Waals surface area contributed by atoms with Gasteiger partial charge in [0.25, 0.3) is 0 Å². The molecule has 0 bridgehead atoms. The van der Waals surface area contributed by atoms with Gasteiger partial charge in [-0.05, 0) is 31.0 Å². The number of rotatable bonds is 7. The van der Waals surface area contributed by atoms with E-state index in [1.54, 1.807) is 18.2 Å². The number of hydrogen-bond acceptors (Lipinski definition) is 4. The fraction of sp³-hybridized carbons (Fsp3) is 0.333. The summed E-state index contributed by atoms with van der Waals surface area (Å²) in [5.74, 6) is 0.451. The Labute approximate surface area is 175 Å². The van der Waals surface area contributed by atoms with E-state index >= 15 is 0 Å². The number of halogens is 1. The van der Waals surface area contributed by atoms with E-state index < -0.39 is 0 Å². The first-order valence-electron chi connectivity index (χ1n) is 10.4. The summed E-state index contributed by atoms with van der Waals surface area (Å²) in [7, 11) is 0. The van der Waals surface area contributed by atoms with E-state index in [0.29, 0.717) is 36.1 Å². The van der Waals surface area contributed by atoms with E-state index in [0.717, 1.165) is 19.5 Å². The van der Waals surface area contributed by atoms with Gasteiger partial charge in [-0.15, -0.1) is 0 Å². The second kappa shape index (κ2) is 9.22. The first-order chi connectivity index (χ1) is 14.6. The number of oxazole rings is 1. The van der Waals surface area contributed by atoms with E-state index in [4.69, 9.17) is 4.42 Å². The molecule has 2 unspecified atom stereocenters. The van der Waals surface area contributed by atoms with Crippen LogP contribution in [-0.2, 0) is 11.2 Å². The van der Waals surface area contributed by atoms with E-state index in [1.165, 1.54) is 17.8 Å². The number of nitrogens with zero attached hydrogens (tertiary/aromatic N) is 2. The molecule has 1 fully saturated rings. The number of amides is 1. The molecule has 5 nitrogen and oxygen atoms in total. The summed E-state index contributed by atoms with van der Waals surface area (Å²) < 4.78 is 19.5. The van der Waals surface area contributed by atoms with Crippen molar-refractivity contribution in [1.29, 1.82) is 0 Å². The molecule has 156 valence electrons. The van der Waals surface area contributed by atoms with Gasteiger partial charge in [-0.2, -0.15) is 0 Å². The summed E-state index contributed by atoms with van der Waals surface area (Å²) >= 11 is 0. The maximum absolute atomic E-state index is 13.9. The van der Waals surface area contributed by atoms with E-state index in [9.17, 15) is 9.18 Å². The van der Waals surface area contributed by atoms with Crippen LogP contribution in [0.15, 0.2) is 65.2 Å². The summed E-state index contributed by atoms with van der Waals surface area (Å²) in [6.07, 6.45) is 3.13. The Hall–Kier alpha value is -2.99. The van der Waals surface area contributed by atoms with Crippen LogP contribution in [0.5, 0.6) is 0 Å². The summed E-state index contributed by atoms with van der Waals surface area (Å²) in [5, 5.41) is 3.12. The quantitative estimate of drug-likeness (QED) is 0.632. The van der Waals surface area contributed by atoms with Crippen molar-refractivity contribution in [2.75, 3.05) is 13.1 Å². The molecule has 3 aromatic rings. The fourth-order valence-corrected chi connectivity index (χ4v) is 3.93. The van der Waals surface area contributed by atoms with Crippen LogP contribution in [-0.4, -0.2) is 34.9 Å².